The first-order valence-corrected chi connectivity index (χ1v) is 10.2. The molecule has 2 N–H and O–H groups in total. The molecule has 3 aliphatic heterocycles. The van der Waals surface area contributed by atoms with Gasteiger partial charge in [-0.25, -0.2) is 17.9 Å². The van der Waals surface area contributed by atoms with E-state index in [1.165, 1.54) is 7.05 Å². The lowest BCUT2D eigenvalue weighted by atomic mass is 10.1. The molecule has 1 atom stereocenters. The van der Waals surface area contributed by atoms with Crippen molar-refractivity contribution in [2.75, 3.05) is 33.2 Å². The molecule has 2 amide bonds. The normalized spacial score (nSPS) is 24.6. The molecule has 8 heteroatoms. The van der Waals surface area contributed by atoms with Gasteiger partial charge in [-0.15, -0.1) is 0 Å². The number of nitrogens with one attached hydrogen (secondary N) is 2. The molecule has 7 nitrogen and oxygen atoms in total. The Bertz CT molecular complexity index is 712. The fraction of sp³-hybridized carbons (Fsp3) is 0.588. The van der Waals surface area contributed by atoms with Crippen molar-refractivity contribution < 1.29 is 13.2 Å². The van der Waals surface area contributed by atoms with Crippen LogP contribution in [0.2, 0.25) is 0 Å². The number of urea groups is 1. The van der Waals surface area contributed by atoms with Crippen LogP contribution in [0.1, 0.15) is 31.4 Å². The zero-order valence-electron chi connectivity index (χ0n) is 14.7. The quantitative estimate of drug-likeness (QED) is 0.837. The van der Waals surface area contributed by atoms with E-state index in [1.54, 1.807) is 24.3 Å². The van der Waals surface area contributed by atoms with E-state index in [1.807, 2.05) is 11.8 Å². The van der Waals surface area contributed by atoms with Gasteiger partial charge in [0.15, 0.2) is 0 Å². The maximum Gasteiger partial charge on any atom is 0.318 e. The van der Waals surface area contributed by atoms with E-state index >= 15 is 0 Å². The first-order valence-electron chi connectivity index (χ1n) is 8.73. The highest BCUT2D eigenvalue weighted by Crippen LogP contribution is 2.22. The molecule has 3 heterocycles. The summed E-state index contributed by atoms with van der Waals surface area (Å²) in [7, 11) is -2.05. The molecule has 0 radical (unpaired) electrons. The maximum atomic E-state index is 12.7. The van der Waals surface area contributed by atoms with E-state index in [4.69, 9.17) is 0 Å². The van der Waals surface area contributed by atoms with Crippen molar-refractivity contribution in [3.05, 3.63) is 29.8 Å². The summed E-state index contributed by atoms with van der Waals surface area (Å²) < 4.78 is 25.9. The van der Waals surface area contributed by atoms with Gasteiger partial charge in [-0.05, 0) is 44.5 Å². The van der Waals surface area contributed by atoms with E-state index in [0.717, 1.165) is 44.6 Å². The molecule has 3 saturated heterocycles. The minimum atomic E-state index is -3.44. The molecule has 25 heavy (non-hydrogen) atoms. The van der Waals surface area contributed by atoms with E-state index in [0.29, 0.717) is 6.04 Å². The first kappa shape index (κ1) is 18.2. The topological polar surface area (TPSA) is 81.8 Å². The molecule has 1 unspecified atom stereocenters. The average Bonchev–Trinajstić information content (AvgIpc) is 2.95. The summed E-state index contributed by atoms with van der Waals surface area (Å²) >= 11 is 0. The van der Waals surface area contributed by atoms with Crippen molar-refractivity contribution in [1.29, 1.82) is 0 Å². The Labute approximate surface area is 149 Å². The molecule has 0 aliphatic carbocycles. The Morgan fingerprint density at radius 3 is 2.36 bits per heavy atom. The zero-order chi connectivity index (χ0) is 18.0. The van der Waals surface area contributed by atoms with Crippen LogP contribution in [0, 0.1) is 0 Å². The molecular weight excluding hydrogens is 340 g/mol. The Balaban J connectivity index is 1.65. The summed E-state index contributed by atoms with van der Waals surface area (Å²) in [6, 6.07) is 6.72. The fourth-order valence-electron chi connectivity index (χ4n) is 3.56. The smallest absolute Gasteiger partial charge is 0.318 e. The van der Waals surface area contributed by atoms with Crippen molar-refractivity contribution in [2.45, 2.75) is 36.7 Å². The monoisotopic (exact) mass is 366 g/mol. The van der Waals surface area contributed by atoms with Crippen molar-refractivity contribution in [2.24, 2.45) is 0 Å². The van der Waals surface area contributed by atoms with Gasteiger partial charge in [-0.1, -0.05) is 12.1 Å². The standard InChI is InChI=1S/C17H26N4O3S/c1-13(14-3-5-16(6-4-14)25(23,24)18-2)19-17(22)21-12-11-20-9-7-15(21)8-10-20/h3-6,13,15,18H,7-12H2,1-2H3,(H,19,22). The summed E-state index contributed by atoms with van der Waals surface area (Å²) in [5, 5.41) is 3.05. The number of benzene rings is 1. The van der Waals surface area contributed by atoms with Crippen molar-refractivity contribution in [3.63, 3.8) is 0 Å². The first-order chi connectivity index (χ1) is 11.9. The minimum Gasteiger partial charge on any atom is -0.331 e. The number of sulfonamides is 1. The molecule has 0 aromatic heterocycles. The van der Waals surface area contributed by atoms with Gasteiger partial charge in [-0.3, -0.25) is 0 Å². The number of carbonyl (C=O) groups excluding carboxylic acids is 1. The summed E-state index contributed by atoms with van der Waals surface area (Å²) in [5.41, 5.74) is 0.881. The number of hydrogen-bond acceptors (Lipinski definition) is 4. The predicted octanol–water partition coefficient (Wildman–Crippen LogP) is 1.15. The van der Waals surface area contributed by atoms with Crippen LogP contribution >= 0.6 is 0 Å². The number of rotatable bonds is 4. The average molecular weight is 366 g/mol. The Morgan fingerprint density at radius 1 is 1.12 bits per heavy atom. The third kappa shape index (κ3) is 3.96. The number of nitrogens with zero attached hydrogens (tertiary/aromatic N) is 2. The van der Waals surface area contributed by atoms with Gasteiger partial charge in [0.1, 0.15) is 0 Å². The second-order valence-corrected chi connectivity index (χ2v) is 8.60. The SMILES string of the molecule is CNS(=O)(=O)c1ccc(C(C)NC(=O)N2CCN3CCC2CC3)cc1. The van der Waals surface area contributed by atoms with Crippen molar-refractivity contribution in [1.82, 2.24) is 19.8 Å². The van der Waals surface area contributed by atoms with Gasteiger partial charge in [-0.2, -0.15) is 0 Å². The van der Waals surface area contributed by atoms with Gasteiger partial charge >= 0.3 is 6.03 Å². The van der Waals surface area contributed by atoms with Crippen LogP contribution in [0.15, 0.2) is 29.2 Å². The predicted molar refractivity (Wildman–Crippen MR) is 95.8 cm³/mol. The number of amides is 2. The Hall–Kier alpha value is -1.64. The highest BCUT2D eigenvalue weighted by molar-refractivity contribution is 7.89. The molecule has 2 bridgehead atoms. The van der Waals surface area contributed by atoms with Gasteiger partial charge in [0.05, 0.1) is 10.9 Å². The zero-order valence-corrected chi connectivity index (χ0v) is 15.6. The highest BCUT2D eigenvalue weighted by Gasteiger charge is 2.32. The lowest BCUT2D eigenvalue weighted by molar-refractivity contribution is 0.168. The van der Waals surface area contributed by atoms with E-state index < -0.39 is 10.0 Å². The van der Waals surface area contributed by atoms with Crippen LogP contribution in [-0.4, -0.2) is 63.5 Å². The Kier molecular flexibility index (Phi) is 5.31. The Morgan fingerprint density at radius 2 is 1.76 bits per heavy atom. The van der Waals surface area contributed by atoms with E-state index in [2.05, 4.69) is 14.9 Å². The third-order valence-electron chi connectivity index (χ3n) is 5.21. The number of piperidine rings is 1. The van der Waals surface area contributed by atoms with E-state index in [-0.39, 0.29) is 17.0 Å². The van der Waals surface area contributed by atoms with Crippen LogP contribution in [0.5, 0.6) is 0 Å². The lowest BCUT2D eigenvalue weighted by Gasteiger charge is -2.32. The summed E-state index contributed by atoms with van der Waals surface area (Å²) in [6.45, 7) is 5.77. The molecule has 3 fully saturated rings. The minimum absolute atomic E-state index is 0.0341. The molecule has 1 aromatic carbocycles. The summed E-state index contributed by atoms with van der Waals surface area (Å²) in [4.78, 5) is 17.3. The van der Waals surface area contributed by atoms with Gasteiger partial charge in [0, 0.05) is 32.2 Å². The maximum absolute atomic E-state index is 12.7. The second-order valence-electron chi connectivity index (χ2n) is 6.71. The van der Waals surface area contributed by atoms with Gasteiger partial charge in [0.25, 0.3) is 0 Å². The van der Waals surface area contributed by atoms with Crippen LogP contribution in [0.3, 0.4) is 0 Å². The van der Waals surface area contributed by atoms with Crippen LogP contribution in [-0.2, 0) is 10.0 Å². The largest absolute Gasteiger partial charge is 0.331 e. The van der Waals surface area contributed by atoms with Crippen molar-refractivity contribution >= 4 is 16.1 Å². The molecule has 138 valence electrons. The highest BCUT2D eigenvalue weighted by atomic mass is 32.2. The molecule has 0 saturated carbocycles. The van der Waals surface area contributed by atoms with Crippen LogP contribution < -0.4 is 10.0 Å². The molecule has 4 rings (SSSR count). The summed E-state index contributed by atoms with van der Waals surface area (Å²) in [5.74, 6) is 0. The number of carbonyl (C=O) groups is 1. The molecular formula is C17H26N4O3S. The number of fused-ring (bicyclic) bond motifs is 4. The van der Waals surface area contributed by atoms with Gasteiger partial charge in [0.2, 0.25) is 10.0 Å². The van der Waals surface area contributed by atoms with Gasteiger partial charge < -0.3 is 15.1 Å². The lowest BCUT2D eigenvalue weighted by Crippen LogP contribution is -2.47. The van der Waals surface area contributed by atoms with Crippen LogP contribution in [0.4, 0.5) is 4.79 Å². The molecule has 1 aromatic rings. The van der Waals surface area contributed by atoms with Crippen LogP contribution in [0.25, 0.3) is 0 Å². The molecule has 3 aliphatic rings. The van der Waals surface area contributed by atoms with Crippen molar-refractivity contribution in [3.8, 4) is 0 Å². The third-order valence-corrected chi connectivity index (χ3v) is 6.65. The number of hydrogen-bond donors (Lipinski definition) is 2. The summed E-state index contributed by atoms with van der Waals surface area (Å²) in [6.07, 6.45) is 2.08. The van der Waals surface area contributed by atoms with E-state index in [9.17, 15) is 13.2 Å². The second kappa shape index (κ2) is 7.31. The molecule has 0 spiro atoms. The fourth-order valence-corrected chi connectivity index (χ4v) is 4.29.